The molecule has 0 atom stereocenters. The first-order valence-electron chi connectivity index (χ1n) is 13.9. The van der Waals surface area contributed by atoms with Gasteiger partial charge >= 0.3 is 0 Å². The summed E-state index contributed by atoms with van der Waals surface area (Å²) >= 11 is 0. The van der Waals surface area contributed by atoms with E-state index in [2.05, 4.69) is 41.4 Å². The quantitative estimate of drug-likeness (QED) is 0.345. The minimum Gasteiger partial charge on any atom is -0.372 e. The van der Waals surface area contributed by atoms with E-state index in [1.165, 1.54) is 44.1 Å². The monoisotopic (exact) mass is 536 g/mol. The predicted molar refractivity (Wildman–Crippen MR) is 154 cm³/mol. The number of amides is 1. The minimum absolute atomic E-state index is 0.249. The van der Waals surface area contributed by atoms with Crippen LogP contribution in [0.2, 0.25) is 0 Å². The van der Waals surface area contributed by atoms with Gasteiger partial charge in [0.05, 0.1) is 18.2 Å². The number of hydrazone groups is 1. The van der Waals surface area contributed by atoms with Gasteiger partial charge < -0.3 is 4.90 Å². The van der Waals surface area contributed by atoms with Crippen molar-refractivity contribution in [3.63, 3.8) is 0 Å². The highest BCUT2D eigenvalue weighted by molar-refractivity contribution is 7.92. The average molecular weight is 537 g/mol. The van der Waals surface area contributed by atoms with Crippen LogP contribution in [-0.2, 0) is 20.2 Å². The summed E-state index contributed by atoms with van der Waals surface area (Å²) in [6.07, 6.45) is 10.6. The highest BCUT2D eigenvalue weighted by atomic mass is 32.2. The molecule has 4 aliphatic carbocycles. The number of rotatable bonds is 10. The van der Waals surface area contributed by atoms with Crippen LogP contribution in [0.15, 0.2) is 53.6 Å². The molecule has 1 N–H and O–H groups in total. The summed E-state index contributed by atoms with van der Waals surface area (Å²) in [6.45, 7) is 5.77. The second kappa shape index (κ2) is 10.7. The zero-order chi connectivity index (χ0) is 26.9. The normalized spacial score (nSPS) is 26.0. The Morgan fingerprint density at radius 1 is 0.921 bits per heavy atom. The molecule has 2 aromatic carbocycles. The third kappa shape index (κ3) is 5.60. The summed E-state index contributed by atoms with van der Waals surface area (Å²) in [4.78, 5) is 14.9. The van der Waals surface area contributed by atoms with Gasteiger partial charge in [-0.2, -0.15) is 5.10 Å². The van der Waals surface area contributed by atoms with Crippen LogP contribution in [0.4, 0.5) is 11.4 Å². The highest BCUT2D eigenvalue weighted by Gasteiger charge is 2.51. The molecule has 0 aromatic heterocycles. The molecule has 4 aliphatic rings. The summed E-state index contributed by atoms with van der Waals surface area (Å²) in [6, 6.07) is 15.8. The second-order valence-corrected chi connectivity index (χ2v) is 13.5. The number of carbonyl (C=O) groups excluding carboxylic acids is 1. The Bertz CT molecular complexity index is 1230. The zero-order valence-corrected chi connectivity index (χ0v) is 23.6. The Kier molecular flexibility index (Phi) is 7.54. The van der Waals surface area contributed by atoms with Crippen molar-refractivity contribution in [3.05, 3.63) is 59.7 Å². The van der Waals surface area contributed by atoms with Gasteiger partial charge in [0.2, 0.25) is 10.0 Å². The van der Waals surface area contributed by atoms with Crippen LogP contribution in [0.5, 0.6) is 0 Å². The van der Waals surface area contributed by atoms with Gasteiger partial charge in [-0.3, -0.25) is 9.10 Å². The molecule has 204 valence electrons. The van der Waals surface area contributed by atoms with Crippen LogP contribution in [0.25, 0.3) is 0 Å². The highest BCUT2D eigenvalue weighted by Crippen LogP contribution is 2.60. The Balaban J connectivity index is 1.23. The maximum atomic E-state index is 12.6. The van der Waals surface area contributed by atoms with Crippen LogP contribution in [0.3, 0.4) is 0 Å². The van der Waals surface area contributed by atoms with Crippen molar-refractivity contribution in [2.45, 2.75) is 57.8 Å². The number of carbonyl (C=O) groups is 1. The molecule has 0 heterocycles. The first kappa shape index (κ1) is 26.7. The van der Waals surface area contributed by atoms with E-state index in [4.69, 9.17) is 0 Å². The van der Waals surface area contributed by atoms with E-state index in [-0.39, 0.29) is 12.0 Å². The van der Waals surface area contributed by atoms with Gasteiger partial charge in [-0.1, -0.05) is 24.3 Å². The predicted octanol–water partition coefficient (Wildman–Crippen LogP) is 4.92. The number of nitrogens with zero attached hydrogens (tertiary/aromatic N) is 3. The number of hydrogen-bond acceptors (Lipinski definition) is 5. The lowest BCUT2D eigenvalue weighted by atomic mass is 9.48. The molecule has 0 spiro atoms. The molecule has 8 heteroatoms. The molecule has 0 saturated heterocycles. The number of benzene rings is 2. The number of anilines is 2. The number of sulfonamides is 1. The molecule has 2 aromatic rings. The van der Waals surface area contributed by atoms with Crippen LogP contribution in [0.1, 0.15) is 63.5 Å². The molecule has 4 saturated carbocycles. The standard InChI is InChI=1S/C30H40N4O3S/c1-4-33(5-2)27-10-6-22(7-11-27)20-31-32-29(35)21-34(38(3,36)37)28-12-8-26(9-13-28)30-17-23-14-24(18-30)16-25(15-23)19-30/h6-13,20,23-25H,4-5,14-19,21H2,1-3H3,(H,32,35)/b31-20-. The van der Waals surface area contributed by atoms with Gasteiger partial charge in [0, 0.05) is 18.8 Å². The molecule has 1 amide bonds. The SMILES string of the molecule is CCN(CC)c1ccc(/C=N\NC(=O)CN(c2ccc(C34CC5CC(CC(C5)C3)C4)cc2)S(C)(=O)=O)cc1. The lowest BCUT2D eigenvalue weighted by molar-refractivity contribution is -0.119. The zero-order valence-electron chi connectivity index (χ0n) is 22.8. The third-order valence-electron chi connectivity index (χ3n) is 8.92. The molecule has 0 aliphatic heterocycles. The van der Waals surface area contributed by atoms with Crippen molar-refractivity contribution in [1.29, 1.82) is 0 Å². The molecule has 4 fully saturated rings. The third-order valence-corrected chi connectivity index (χ3v) is 10.1. The van der Waals surface area contributed by atoms with Crippen LogP contribution < -0.4 is 14.6 Å². The van der Waals surface area contributed by atoms with Crippen LogP contribution in [0, 0.1) is 17.8 Å². The smallest absolute Gasteiger partial charge is 0.260 e. The molecular formula is C30H40N4O3S. The van der Waals surface area contributed by atoms with Gasteiger partial charge in [0.1, 0.15) is 6.54 Å². The van der Waals surface area contributed by atoms with E-state index in [0.29, 0.717) is 5.69 Å². The Hall–Kier alpha value is -2.87. The Labute approximate surface area is 227 Å². The van der Waals surface area contributed by atoms with Gasteiger partial charge in [0.15, 0.2) is 0 Å². The molecule has 38 heavy (non-hydrogen) atoms. The van der Waals surface area contributed by atoms with Gasteiger partial charge in [-0.05, 0) is 111 Å². The summed E-state index contributed by atoms with van der Waals surface area (Å²) in [5.74, 6) is 2.05. The molecule has 4 bridgehead atoms. The van der Waals surface area contributed by atoms with Crippen molar-refractivity contribution in [2.75, 3.05) is 35.1 Å². The van der Waals surface area contributed by atoms with E-state index in [0.717, 1.165) is 52.7 Å². The molecule has 0 unspecified atom stereocenters. The van der Waals surface area contributed by atoms with Crippen molar-refractivity contribution in [2.24, 2.45) is 22.9 Å². The summed E-state index contributed by atoms with van der Waals surface area (Å²) in [7, 11) is -3.65. The van der Waals surface area contributed by atoms with Crippen LogP contribution in [-0.4, -0.2) is 46.4 Å². The number of nitrogens with one attached hydrogen (secondary N) is 1. The molecule has 6 rings (SSSR count). The molecular weight excluding hydrogens is 496 g/mol. The van der Waals surface area contributed by atoms with E-state index < -0.39 is 15.9 Å². The van der Waals surface area contributed by atoms with Crippen molar-refractivity contribution in [1.82, 2.24) is 5.43 Å². The summed E-state index contributed by atoms with van der Waals surface area (Å²) in [5, 5.41) is 4.05. The van der Waals surface area contributed by atoms with Crippen LogP contribution >= 0.6 is 0 Å². The Morgan fingerprint density at radius 3 is 1.95 bits per heavy atom. The van der Waals surface area contributed by atoms with Crippen molar-refractivity contribution < 1.29 is 13.2 Å². The lowest BCUT2D eigenvalue weighted by Gasteiger charge is -2.57. The van der Waals surface area contributed by atoms with E-state index in [1.54, 1.807) is 6.21 Å². The summed E-state index contributed by atoms with van der Waals surface area (Å²) in [5.41, 5.74) is 6.54. The van der Waals surface area contributed by atoms with E-state index in [1.807, 2.05) is 36.4 Å². The van der Waals surface area contributed by atoms with E-state index in [9.17, 15) is 13.2 Å². The first-order chi connectivity index (χ1) is 18.2. The maximum Gasteiger partial charge on any atom is 0.260 e. The molecule has 0 radical (unpaired) electrons. The summed E-state index contributed by atoms with van der Waals surface area (Å²) < 4.78 is 26.4. The fraction of sp³-hybridized carbons (Fsp3) is 0.533. The number of hydrogen-bond donors (Lipinski definition) is 1. The van der Waals surface area contributed by atoms with Gasteiger partial charge in [0.25, 0.3) is 5.91 Å². The minimum atomic E-state index is -3.65. The fourth-order valence-corrected chi connectivity index (χ4v) is 8.41. The van der Waals surface area contributed by atoms with Gasteiger partial charge in [-0.15, -0.1) is 0 Å². The van der Waals surface area contributed by atoms with Gasteiger partial charge in [-0.25, -0.2) is 13.8 Å². The largest absolute Gasteiger partial charge is 0.372 e. The molecule has 7 nitrogen and oxygen atoms in total. The topological polar surface area (TPSA) is 82.1 Å². The average Bonchev–Trinajstić information content (AvgIpc) is 2.88. The second-order valence-electron chi connectivity index (χ2n) is 11.6. The first-order valence-corrected chi connectivity index (χ1v) is 15.8. The fourth-order valence-electron chi connectivity index (χ4n) is 7.55. The Morgan fingerprint density at radius 2 is 1.45 bits per heavy atom. The van der Waals surface area contributed by atoms with Crippen molar-refractivity contribution in [3.8, 4) is 0 Å². The maximum absolute atomic E-state index is 12.6. The lowest BCUT2D eigenvalue weighted by Crippen LogP contribution is -2.48. The van der Waals surface area contributed by atoms with Crippen molar-refractivity contribution >= 4 is 33.5 Å². The van der Waals surface area contributed by atoms with E-state index >= 15 is 0 Å².